The minimum absolute atomic E-state index is 0.0668. The second kappa shape index (κ2) is 9.42. The Morgan fingerprint density at radius 3 is 2.65 bits per heavy atom. The number of carbonyl (C=O) groups is 3. The Balaban J connectivity index is 1.74. The number of carbonyl (C=O) groups excluding carboxylic acids is 3. The zero-order valence-corrected chi connectivity index (χ0v) is 14.7. The molecule has 8 heteroatoms. The van der Waals surface area contributed by atoms with Gasteiger partial charge in [0.2, 0.25) is 11.8 Å². The summed E-state index contributed by atoms with van der Waals surface area (Å²) in [6.07, 6.45) is 0.609. The summed E-state index contributed by atoms with van der Waals surface area (Å²) < 4.78 is 4.95. The Morgan fingerprint density at radius 2 is 2.00 bits per heavy atom. The molecule has 0 aromatic heterocycles. The normalized spacial score (nSPS) is 14.2. The van der Waals surface area contributed by atoms with Gasteiger partial charge in [0.25, 0.3) is 0 Å². The predicted molar refractivity (Wildman–Crippen MR) is 94.2 cm³/mol. The molecule has 1 aliphatic rings. The zero-order chi connectivity index (χ0) is 18.9. The molecule has 1 fully saturated rings. The second-order valence-electron chi connectivity index (χ2n) is 5.95. The number of likely N-dealkylation sites (tertiary alicyclic amines) is 1. The number of benzene rings is 1. The average molecular weight is 358 g/mol. The Labute approximate surface area is 152 Å². The van der Waals surface area contributed by atoms with Crippen LogP contribution < -0.4 is 10.6 Å². The Kier molecular flexibility index (Phi) is 6.97. The molecule has 0 bridgehead atoms. The summed E-state index contributed by atoms with van der Waals surface area (Å²) in [5.41, 5.74) is 0.908. The first-order chi connectivity index (χ1) is 12.5. The number of rotatable bonds is 5. The minimum Gasteiger partial charge on any atom is -0.450 e. The van der Waals surface area contributed by atoms with Crippen molar-refractivity contribution in [3.8, 4) is 6.07 Å². The summed E-state index contributed by atoms with van der Waals surface area (Å²) in [6.45, 7) is 3.11. The number of nitrogens with zero attached hydrogens (tertiary/aromatic N) is 2. The number of nitriles is 1. The summed E-state index contributed by atoms with van der Waals surface area (Å²) >= 11 is 0. The third kappa shape index (κ3) is 5.77. The van der Waals surface area contributed by atoms with Gasteiger partial charge in [-0.1, -0.05) is 6.07 Å². The van der Waals surface area contributed by atoms with E-state index in [1.807, 2.05) is 6.07 Å². The Morgan fingerprint density at radius 1 is 1.27 bits per heavy atom. The van der Waals surface area contributed by atoms with Crippen LogP contribution in [-0.2, 0) is 14.3 Å². The lowest BCUT2D eigenvalue weighted by Gasteiger charge is -2.31. The van der Waals surface area contributed by atoms with Crippen molar-refractivity contribution in [2.75, 3.05) is 25.0 Å². The van der Waals surface area contributed by atoms with Gasteiger partial charge >= 0.3 is 6.09 Å². The van der Waals surface area contributed by atoms with Gasteiger partial charge in [-0.25, -0.2) is 4.79 Å². The van der Waals surface area contributed by atoms with Gasteiger partial charge in [0.15, 0.2) is 0 Å². The predicted octanol–water partition coefficient (Wildman–Crippen LogP) is 1.62. The van der Waals surface area contributed by atoms with Crippen LogP contribution in [0.2, 0.25) is 0 Å². The molecule has 1 aromatic rings. The van der Waals surface area contributed by atoms with Crippen LogP contribution in [0.15, 0.2) is 24.3 Å². The molecule has 3 amide bonds. The molecule has 2 N–H and O–H groups in total. The molecule has 8 nitrogen and oxygen atoms in total. The molecular weight excluding hydrogens is 336 g/mol. The third-order valence-corrected chi connectivity index (χ3v) is 3.98. The van der Waals surface area contributed by atoms with Gasteiger partial charge in [-0.3, -0.25) is 9.59 Å². The molecule has 0 atom stereocenters. The van der Waals surface area contributed by atoms with Crippen LogP contribution in [0.5, 0.6) is 0 Å². The maximum atomic E-state index is 12.0. The van der Waals surface area contributed by atoms with Crippen molar-refractivity contribution < 1.29 is 19.1 Å². The molecule has 0 aliphatic carbocycles. The molecular formula is C18H22N4O4. The molecule has 0 unspecified atom stereocenters. The molecule has 1 aromatic carbocycles. The van der Waals surface area contributed by atoms with Crippen molar-refractivity contribution in [2.24, 2.45) is 0 Å². The number of amides is 3. The first-order valence-corrected chi connectivity index (χ1v) is 8.53. The van der Waals surface area contributed by atoms with Crippen molar-refractivity contribution in [3.05, 3.63) is 29.8 Å². The number of piperidine rings is 1. The largest absolute Gasteiger partial charge is 0.450 e. The Bertz CT molecular complexity index is 705. The van der Waals surface area contributed by atoms with E-state index in [0.717, 1.165) is 0 Å². The molecule has 26 heavy (non-hydrogen) atoms. The van der Waals surface area contributed by atoms with Crippen molar-refractivity contribution in [1.82, 2.24) is 10.2 Å². The molecule has 1 aliphatic heterocycles. The molecule has 2 rings (SSSR count). The fourth-order valence-electron chi connectivity index (χ4n) is 2.72. The highest BCUT2D eigenvalue weighted by atomic mass is 16.6. The van der Waals surface area contributed by atoms with Gasteiger partial charge in [-0.2, -0.15) is 5.26 Å². The van der Waals surface area contributed by atoms with Gasteiger partial charge in [-0.05, 0) is 38.0 Å². The van der Waals surface area contributed by atoms with Crippen LogP contribution in [-0.4, -0.2) is 48.5 Å². The summed E-state index contributed by atoms with van der Waals surface area (Å²) in [5.74, 6) is -0.810. The quantitative estimate of drug-likeness (QED) is 0.777. The maximum Gasteiger partial charge on any atom is 0.409 e. The summed E-state index contributed by atoms with van der Waals surface area (Å²) in [5, 5.41) is 14.3. The van der Waals surface area contributed by atoms with Crippen LogP contribution in [0.25, 0.3) is 0 Å². The van der Waals surface area contributed by atoms with Crippen LogP contribution in [0.3, 0.4) is 0 Å². The monoisotopic (exact) mass is 358 g/mol. The number of ether oxygens (including phenoxy) is 1. The number of nitrogens with one attached hydrogen (secondary N) is 2. The van der Waals surface area contributed by atoms with E-state index in [1.54, 1.807) is 36.1 Å². The average Bonchev–Trinajstić information content (AvgIpc) is 2.62. The minimum atomic E-state index is -0.443. The highest BCUT2D eigenvalue weighted by Gasteiger charge is 2.25. The highest BCUT2D eigenvalue weighted by molar-refractivity contribution is 6.03. The van der Waals surface area contributed by atoms with Gasteiger partial charge in [0, 0.05) is 24.8 Å². The van der Waals surface area contributed by atoms with Crippen LogP contribution in [0, 0.1) is 11.3 Å². The summed E-state index contributed by atoms with van der Waals surface area (Å²) in [6, 6.07) is 8.41. The van der Waals surface area contributed by atoms with Gasteiger partial charge in [-0.15, -0.1) is 0 Å². The number of hydrogen-bond acceptors (Lipinski definition) is 5. The lowest BCUT2D eigenvalue weighted by atomic mass is 10.1. The van der Waals surface area contributed by atoms with Crippen molar-refractivity contribution in [1.29, 1.82) is 5.26 Å². The SMILES string of the molecule is CCOC(=O)N1CCC(NC(=O)CC(=O)Nc2cccc(C#N)c2)CC1. The number of anilines is 1. The van der Waals surface area contributed by atoms with Gasteiger partial charge < -0.3 is 20.3 Å². The van der Waals surface area contributed by atoms with Crippen LogP contribution in [0.1, 0.15) is 31.7 Å². The van der Waals surface area contributed by atoms with E-state index in [1.165, 1.54) is 0 Å². The smallest absolute Gasteiger partial charge is 0.409 e. The van der Waals surface area contributed by atoms with Gasteiger partial charge in [0.1, 0.15) is 6.42 Å². The molecule has 1 heterocycles. The molecule has 0 radical (unpaired) electrons. The van der Waals surface area contributed by atoms with E-state index in [0.29, 0.717) is 43.8 Å². The van der Waals surface area contributed by atoms with E-state index >= 15 is 0 Å². The lowest BCUT2D eigenvalue weighted by Crippen LogP contribution is -2.47. The highest BCUT2D eigenvalue weighted by Crippen LogP contribution is 2.12. The van der Waals surface area contributed by atoms with Crippen LogP contribution in [0.4, 0.5) is 10.5 Å². The summed E-state index contributed by atoms with van der Waals surface area (Å²) in [4.78, 5) is 37.2. The van der Waals surface area contributed by atoms with E-state index in [4.69, 9.17) is 10.00 Å². The van der Waals surface area contributed by atoms with E-state index in [2.05, 4.69) is 10.6 Å². The summed E-state index contributed by atoms with van der Waals surface area (Å²) in [7, 11) is 0. The first kappa shape index (κ1) is 19.2. The first-order valence-electron chi connectivity index (χ1n) is 8.53. The van der Waals surface area contributed by atoms with Crippen LogP contribution >= 0.6 is 0 Å². The Hall–Kier alpha value is -3.08. The van der Waals surface area contributed by atoms with E-state index in [9.17, 15) is 14.4 Å². The molecule has 0 saturated carbocycles. The maximum absolute atomic E-state index is 12.0. The third-order valence-electron chi connectivity index (χ3n) is 3.98. The van der Waals surface area contributed by atoms with Gasteiger partial charge in [0.05, 0.1) is 18.2 Å². The fourth-order valence-corrected chi connectivity index (χ4v) is 2.72. The fraction of sp³-hybridized carbons (Fsp3) is 0.444. The molecule has 0 spiro atoms. The van der Waals surface area contributed by atoms with E-state index < -0.39 is 5.91 Å². The molecule has 138 valence electrons. The van der Waals surface area contributed by atoms with Crippen molar-refractivity contribution in [2.45, 2.75) is 32.2 Å². The molecule has 1 saturated heterocycles. The van der Waals surface area contributed by atoms with Crippen molar-refractivity contribution >= 4 is 23.6 Å². The zero-order valence-electron chi connectivity index (χ0n) is 14.7. The lowest BCUT2D eigenvalue weighted by molar-refractivity contribution is -0.127. The topological polar surface area (TPSA) is 112 Å². The number of hydrogen-bond donors (Lipinski definition) is 2. The second-order valence-corrected chi connectivity index (χ2v) is 5.95. The van der Waals surface area contributed by atoms with E-state index in [-0.39, 0.29) is 24.5 Å². The standard InChI is InChI=1S/C18H22N4O4/c1-2-26-18(25)22-8-6-14(7-9-22)20-16(23)11-17(24)21-15-5-3-4-13(10-15)12-19/h3-5,10,14H,2,6-9,11H2,1H3,(H,20,23)(H,21,24). The van der Waals surface area contributed by atoms with Crippen molar-refractivity contribution in [3.63, 3.8) is 0 Å².